The lowest BCUT2D eigenvalue weighted by Gasteiger charge is -2.15. The number of halogens is 1. The third kappa shape index (κ3) is 4.49. The number of rotatable bonds is 6. The third-order valence-electron chi connectivity index (χ3n) is 5.66. The molecule has 0 unspecified atom stereocenters. The lowest BCUT2D eigenvalue weighted by Crippen LogP contribution is -2.14. The molecule has 0 aliphatic heterocycles. The molecule has 6 nitrogen and oxygen atoms in total. The van der Waals surface area contributed by atoms with Crippen LogP contribution < -0.4 is 14.8 Å². The topological polar surface area (TPSA) is 73.3 Å². The van der Waals surface area contributed by atoms with E-state index in [1.165, 1.54) is 29.0 Å². The highest BCUT2D eigenvalue weighted by molar-refractivity contribution is 7.16. The molecule has 8 heteroatoms. The molecule has 0 saturated carbocycles. The molecule has 172 valence electrons. The Morgan fingerprint density at radius 1 is 1.18 bits per heavy atom. The number of ether oxygens (including phenoxy) is 2. The van der Waals surface area contributed by atoms with E-state index in [0.29, 0.717) is 16.6 Å². The Morgan fingerprint density at radius 3 is 2.85 bits per heavy atom. The van der Waals surface area contributed by atoms with E-state index in [0.717, 1.165) is 40.3 Å². The van der Waals surface area contributed by atoms with Crippen LogP contribution in [0, 0.1) is 12.7 Å². The molecule has 0 fully saturated rings. The fraction of sp³-hybridized carbons (Fsp3) is 0.192. The minimum Gasteiger partial charge on any atom is -0.497 e. The Morgan fingerprint density at radius 2 is 2.06 bits per heavy atom. The second-order valence-electron chi connectivity index (χ2n) is 8.03. The second-order valence-corrected chi connectivity index (χ2v) is 9.11. The van der Waals surface area contributed by atoms with Crippen molar-refractivity contribution in [2.24, 2.45) is 0 Å². The van der Waals surface area contributed by atoms with E-state index >= 15 is 0 Å². The van der Waals surface area contributed by atoms with Gasteiger partial charge in [-0.3, -0.25) is 4.79 Å². The summed E-state index contributed by atoms with van der Waals surface area (Å²) in [6, 6.07) is 14.1. The average Bonchev–Trinajstić information content (AvgIpc) is 3.24. The van der Waals surface area contributed by atoms with Gasteiger partial charge in [0.25, 0.3) is 0 Å². The molecule has 0 spiro atoms. The highest BCUT2D eigenvalue weighted by Crippen LogP contribution is 2.39. The SMILES string of the molecule is COc1ccc2c(c1)CCc1sc(NC(=O)Cc3ccc(Oc4ncccc4C)c(F)c3)nc1-2. The van der Waals surface area contributed by atoms with Gasteiger partial charge in [0.15, 0.2) is 16.7 Å². The Bertz CT molecular complexity index is 1390. The molecule has 2 aromatic carbocycles. The molecule has 0 radical (unpaired) electrons. The van der Waals surface area contributed by atoms with Crippen LogP contribution in [0.1, 0.15) is 21.6 Å². The Labute approximate surface area is 200 Å². The highest BCUT2D eigenvalue weighted by atomic mass is 32.1. The minimum absolute atomic E-state index is 0.0256. The number of methoxy groups -OCH3 is 1. The molecule has 34 heavy (non-hydrogen) atoms. The molecular formula is C26H22FN3O3S. The first-order chi connectivity index (χ1) is 16.5. The van der Waals surface area contributed by atoms with E-state index in [1.54, 1.807) is 25.4 Å². The van der Waals surface area contributed by atoms with E-state index in [-0.39, 0.29) is 18.1 Å². The Balaban J connectivity index is 1.27. The number of aromatic nitrogens is 2. The molecule has 1 N–H and O–H groups in total. The largest absolute Gasteiger partial charge is 0.497 e. The number of fused-ring (bicyclic) bond motifs is 3. The summed E-state index contributed by atoms with van der Waals surface area (Å²) in [6.45, 7) is 1.84. The van der Waals surface area contributed by atoms with Crippen LogP contribution in [0.25, 0.3) is 11.3 Å². The van der Waals surface area contributed by atoms with Crippen LogP contribution in [0.4, 0.5) is 9.52 Å². The Kier molecular flexibility index (Phi) is 5.98. The summed E-state index contributed by atoms with van der Waals surface area (Å²) in [5.74, 6) is 0.431. The van der Waals surface area contributed by atoms with Crippen molar-refractivity contribution in [3.63, 3.8) is 0 Å². The van der Waals surface area contributed by atoms with Gasteiger partial charge < -0.3 is 14.8 Å². The maximum absolute atomic E-state index is 14.6. The zero-order chi connectivity index (χ0) is 23.7. The van der Waals surface area contributed by atoms with Gasteiger partial charge in [-0.05, 0) is 67.3 Å². The number of carbonyl (C=O) groups excluding carboxylic acids is 1. The Hall–Kier alpha value is -3.78. The van der Waals surface area contributed by atoms with E-state index in [4.69, 9.17) is 9.47 Å². The summed E-state index contributed by atoms with van der Waals surface area (Å²) in [5, 5.41) is 3.41. The van der Waals surface area contributed by atoms with Crippen molar-refractivity contribution in [2.45, 2.75) is 26.2 Å². The molecule has 0 atom stereocenters. The number of amides is 1. The monoisotopic (exact) mass is 475 g/mol. The maximum Gasteiger partial charge on any atom is 0.230 e. The zero-order valence-corrected chi connectivity index (χ0v) is 19.5. The molecule has 1 aliphatic carbocycles. The first-order valence-corrected chi connectivity index (χ1v) is 11.7. The van der Waals surface area contributed by atoms with Crippen molar-refractivity contribution in [3.8, 4) is 28.6 Å². The number of hydrogen-bond donors (Lipinski definition) is 1. The van der Waals surface area contributed by atoms with Crippen molar-refractivity contribution < 1.29 is 18.7 Å². The first kappa shape index (κ1) is 22.0. The maximum atomic E-state index is 14.6. The lowest BCUT2D eigenvalue weighted by atomic mass is 9.93. The molecule has 1 amide bonds. The van der Waals surface area contributed by atoms with Gasteiger partial charge in [0, 0.05) is 22.2 Å². The summed E-state index contributed by atoms with van der Waals surface area (Å²) in [7, 11) is 1.65. The molecule has 0 saturated heterocycles. The summed E-state index contributed by atoms with van der Waals surface area (Å²) in [6.07, 6.45) is 3.38. The zero-order valence-electron chi connectivity index (χ0n) is 18.7. The number of aryl methyl sites for hydroxylation is 3. The molecular weight excluding hydrogens is 453 g/mol. The number of nitrogens with one attached hydrogen (secondary N) is 1. The third-order valence-corrected chi connectivity index (χ3v) is 6.69. The number of anilines is 1. The van der Waals surface area contributed by atoms with Crippen molar-refractivity contribution >= 4 is 22.4 Å². The molecule has 1 aliphatic rings. The number of nitrogens with zero attached hydrogens (tertiary/aromatic N) is 2. The fourth-order valence-electron chi connectivity index (χ4n) is 3.94. The average molecular weight is 476 g/mol. The van der Waals surface area contributed by atoms with E-state index in [1.807, 2.05) is 31.2 Å². The molecule has 5 rings (SSSR count). The summed E-state index contributed by atoms with van der Waals surface area (Å²) in [5.41, 5.74) is 4.51. The highest BCUT2D eigenvalue weighted by Gasteiger charge is 2.22. The molecule has 0 bridgehead atoms. The van der Waals surface area contributed by atoms with E-state index < -0.39 is 5.82 Å². The van der Waals surface area contributed by atoms with Crippen LogP contribution in [0.15, 0.2) is 54.7 Å². The predicted molar refractivity (Wildman–Crippen MR) is 129 cm³/mol. The van der Waals surface area contributed by atoms with Gasteiger partial charge in [-0.15, -0.1) is 11.3 Å². The number of thiazole rings is 1. The number of hydrogen-bond acceptors (Lipinski definition) is 6. The van der Waals surface area contributed by atoms with Crippen molar-refractivity contribution in [1.82, 2.24) is 9.97 Å². The van der Waals surface area contributed by atoms with Gasteiger partial charge in [-0.2, -0.15) is 0 Å². The van der Waals surface area contributed by atoms with Gasteiger partial charge in [0.1, 0.15) is 5.75 Å². The van der Waals surface area contributed by atoms with Crippen molar-refractivity contribution in [2.75, 3.05) is 12.4 Å². The minimum atomic E-state index is -0.549. The smallest absolute Gasteiger partial charge is 0.230 e. The predicted octanol–water partition coefficient (Wildman–Crippen LogP) is 5.73. The standard InChI is InChI=1S/C26H22FN3O3S/c1-15-4-3-11-28-25(15)33-21-9-5-16(12-20(21)27)13-23(31)29-26-30-24-19-8-7-18(32-2)14-17(19)6-10-22(24)34-26/h3-5,7-9,11-12,14H,6,10,13H2,1-2H3,(H,29,30,31). The van der Waals surface area contributed by atoms with Gasteiger partial charge in [-0.25, -0.2) is 14.4 Å². The summed E-state index contributed by atoms with van der Waals surface area (Å²) >= 11 is 1.48. The van der Waals surface area contributed by atoms with Crippen LogP contribution in [0.3, 0.4) is 0 Å². The number of carbonyl (C=O) groups is 1. The van der Waals surface area contributed by atoms with Gasteiger partial charge in [0.2, 0.25) is 11.8 Å². The van der Waals surface area contributed by atoms with E-state index in [9.17, 15) is 9.18 Å². The van der Waals surface area contributed by atoms with Crippen molar-refractivity contribution in [3.05, 3.63) is 82.1 Å². The van der Waals surface area contributed by atoms with Crippen LogP contribution in [0.2, 0.25) is 0 Å². The van der Waals surface area contributed by atoms with Gasteiger partial charge in [0.05, 0.1) is 19.2 Å². The van der Waals surface area contributed by atoms with Crippen LogP contribution >= 0.6 is 11.3 Å². The normalized spacial score (nSPS) is 12.0. The van der Waals surface area contributed by atoms with Crippen molar-refractivity contribution in [1.29, 1.82) is 0 Å². The first-order valence-electron chi connectivity index (χ1n) is 10.8. The summed E-state index contributed by atoms with van der Waals surface area (Å²) in [4.78, 5) is 22.6. The number of pyridine rings is 1. The lowest BCUT2D eigenvalue weighted by molar-refractivity contribution is -0.115. The molecule has 4 aromatic rings. The quantitative estimate of drug-likeness (QED) is 0.385. The van der Waals surface area contributed by atoms with Crippen LogP contribution in [-0.2, 0) is 24.1 Å². The second kappa shape index (κ2) is 9.23. The molecule has 2 aromatic heterocycles. The van der Waals surface area contributed by atoms with Crippen LogP contribution in [-0.4, -0.2) is 23.0 Å². The molecule has 2 heterocycles. The van der Waals surface area contributed by atoms with Gasteiger partial charge in [-0.1, -0.05) is 12.1 Å². The number of benzene rings is 2. The van der Waals surface area contributed by atoms with E-state index in [2.05, 4.69) is 15.3 Å². The summed E-state index contributed by atoms with van der Waals surface area (Å²) < 4.78 is 25.5. The van der Waals surface area contributed by atoms with Gasteiger partial charge >= 0.3 is 0 Å². The van der Waals surface area contributed by atoms with Crippen LogP contribution in [0.5, 0.6) is 17.4 Å². The fourth-order valence-corrected chi connectivity index (χ4v) is 4.93.